The van der Waals surface area contributed by atoms with Gasteiger partial charge in [-0.1, -0.05) is 0 Å². The summed E-state index contributed by atoms with van der Waals surface area (Å²) in [5.41, 5.74) is 1.70. The summed E-state index contributed by atoms with van der Waals surface area (Å²) < 4.78 is 17.9. The van der Waals surface area contributed by atoms with Gasteiger partial charge in [0.25, 0.3) is 0 Å². The average Bonchev–Trinajstić information content (AvgIpc) is 3.13. The minimum atomic E-state index is -0.0299. The van der Waals surface area contributed by atoms with Gasteiger partial charge in [-0.15, -0.1) is 21.8 Å². The molecule has 0 aliphatic heterocycles. The molecule has 0 bridgehead atoms. The number of pyridine rings is 1. The normalized spacial score (nSPS) is 12.0. The van der Waals surface area contributed by atoms with Crippen molar-refractivity contribution in [2.75, 3.05) is 20.8 Å². The van der Waals surface area contributed by atoms with Gasteiger partial charge in [0.15, 0.2) is 11.6 Å². The van der Waals surface area contributed by atoms with Gasteiger partial charge in [0.2, 0.25) is 5.88 Å². The van der Waals surface area contributed by atoms with E-state index in [0.717, 1.165) is 17.0 Å². The molecule has 1 aromatic carbocycles. The smallest absolute Gasteiger partial charge is 0.213 e. The molecule has 0 fully saturated rings. The maximum absolute atomic E-state index is 6.05. The first-order valence-corrected chi connectivity index (χ1v) is 8.96. The number of benzene rings is 1. The second kappa shape index (κ2) is 8.83. The van der Waals surface area contributed by atoms with E-state index in [1.54, 1.807) is 26.5 Å². The standard InChI is InChI=1S/C19H21ClN4O3/c1-13(12-25-2)27-16-7-4-14(5-8-16)19-23-22-17(10-20)24(19)15-6-9-18(26-3)21-11-15/h4-9,11,13H,10,12H2,1-3H3/t13-/m0/s1. The lowest BCUT2D eigenvalue weighted by molar-refractivity contribution is 0.0921. The molecule has 2 aromatic heterocycles. The van der Waals surface area contributed by atoms with Crippen molar-refractivity contribution in [3.63, 3.8) is 0 Å². The van der Waals surface area contributed by atoms with Crippen LogP contribution < -0.4 is 9.47 Å². The van der Waals surface area contributed by atoms with E-state index in [1.165, 1.54) is 0 Å². The van der Waals surface area contributed by atoms with Crippen LogP contribution in [-0.4, -0.2) is 46.7 Å². The average molecular weight is 389 g/mol. The van der Waals surface area contributed by atoms with Crippen molar-refractivity contribution >= 4 is 11.6 Å². The Morgan fingerprint density at radius 1 is 1.07 bits per heavy atom. The highest BCUT2D eigenvalue weighted by Crippen LogP contribution is 2.26. The third-order valence-electron chi connectivity index (χ3n) is 3.89. The van der Waals surface area contributed by atoms with Crippen molar-refractivity contribution in [3.05, 3.63) is 48.4 Å². The van der Waals surface area contributed by atoms with Crippen molar-refractivity contribution in [1.29, 1.82) is 0 Å². The molecule has 8 heteroatoms. The first-order chi connectivity index (χ1) is 13.2. The summed E-state index contributed by atoms with van der Waals surface area (Å²) in [6.45, 7) is 2.48. The van der Waals surface area contributed by atoms with Crippen LogP contribution >= 0.6 is 11.6 Å². The zero-order valence-electron chi connectivity index (χ0n) is 15.4. The van der Waals surface area contributed by atoms with E-state index in [2.05, 4.69) is 15.2 Å². The van der Waals surface area contributed by atoms with Gasteiger partial charge in [0.1, 0.15) is 11.9 Å². The first kappa shape index (κ1) is 19.1. The molecule has 3 aromatic rings. The van der Waals surface area contributed by atoms with Crippen LogP contribution in [0.5, 0.6) is 11.6 Å². The summed E-state index contributed by atoms with van der Waals surface area (Å²) in [7, 11) is 3.23. The van der Waals surface area contributed by atoms with Crippen LogP contribution in [0.1, 0.15) is 12.7 Å². The van der Waals surface area contributed by atoms with E-state index >= 15 is 0 Å². The molecule has 0 saturated heterocycles. The number of hydrogen-bond acceptors (Lipinski definition) is 6. The number of alkyl halides is 1. The van der Waals surface area contributed by atoms with E-state index in [0.29, 0.717) is 24.1 Å². The van der Waals surface area contributed by atoms with Crippen molar-refractivity contribution in [1.82, 2.24) is 19.7 Å². The summed E-state index contributed by atoms with van der Waals surface area (Å²) in [6, 6.07) is 11.3. The zero-order chi connectivity index (χ0) is 19.2. The summed E-state index contributed by atoms with van der Waals surface area (Å²) in [6.07, 6.45) is 1.67. The second-order valence-corrected chi connectivity index (χ2v) is 6.14. The van der Waals surface area contributed by atoms with Crippen molar-refractivity contribution in [2.45, 2.75) is 18.9 Å². The molecule has 0 amide bonds. The van der Waals surface area contributed by atoms with E-state index in [-0.39, 0.29) is 12.0 Å². The Morgan fingerprint density at radius 2 is 1.85 bits per heavy atom. The fourth-order valence-corrected chi connectivity index (χ4v) is 2.84. The highest BCUT2D eigenvalue weighted by Gasteiger charge is 2.16. The van der Waals surface area contributed by atoms with Gasteiger partial charge >= 0.3 is 0 Å². The van der Waals surface area contributed by atoms with Crippen LogP contribution in [0.3, 0.4) is 0 Å². The quantitative estimate of drug-likeness (QED) is 0.550. The Bertz CT molecular complexity index is 866. The number of halogens is 1. The van der Waals surface area contributed by atoms with Gasteiger partial charge < -0.3 is 14.2 Å². The second-order valence-electron chi connectivity index (χ2n) is 5.88. The van der Waals surface area contributed by atoms with Crippen molar-refractivity contribution in [2.24, 2.45) is 0 Å². The predicted octanol–water partition coefficient (Wildman–Crippen LogP) is 3.49. The maximum atomic E-state index is 6.05. The molecule has 3 rings (SSSR count). The molecule has 2 heterocycles. The van der Waals surface area contributed by atoms with E-state index in [4.69, 9.17) is 25.8 Å². The van der Waals surface area contributed by atoms with Crippen LogP contribution in [-0.2, 0) is 10.6 Å². The Labute approximate surface area is 162 Å². The number of aromatic nitrogens is 4. The maximum Gasteiger partial charge on any atom is 0.213 e. The monoisotopic (exact) mass is 388 g/mol. The third-order valence-corrected chi connectivity index (χ3v) is 4.13. The van der Waals surface area contributed by atoms with Gasteiger partial charge in [-0.05, 0) is 37.3 Å². The molecule has 0 radical (unpaired) electrons. The highest BCUT2D eigenvalue weighted by atomic mass is 35.5. The topological polar surface area (TPSA) is 71.3 Å². The van der Waals surface area contributed by atoms with Crippen LogP contribution in [0.4, 0.5) is 0 Å². The zero-order valence-corrected chi connectivity index (χ0v) is 16.2. The Morgan fingerprint density at radius 3 is 2.44 bits per heavy atom. The van der Waals surface area contributed by atoms with E-state index < -0.39 is 0 Å². The number of nitrogens with zero attached hydrogens (tertiary/aromatic N) is 4. The lowest BCUT2D eigenvalue weighted by Gasteiger charge is -2.14. The molecule has 0 N–H and O–H groups in total. The Balaban J connectivity index is 1.91. The van der Waals surface area contributed by atoms with Gasteiger partial charge in [-0.3, -0.25) is 4.57 Å². The van der Waals surface area contributed by atoms with Crippen LogP contribution in [0, 0.1) is 0 Å². The minimum absolute atomic E-state index is 0.0299. The fraction of sp³-hybridized carbons (Fsp3) is 0.316. The molecule has 1 atom stereocenters. The van der Waals surface area contributed by atoms with Gasteiger partial charge in [-0.2, -0.15) is 0 Å². The summed E-state index contributed by atoms with van der Waals surface area (Å²) in [4.78, 5) is 4.25. The molecule has 0 unspecified atom stereocenters. The number of ether oxygens (including phenoxy) is 3. The lowest BCUT2D eigenvalue weighted by atomic mass is 10.2. The molecule has 0 saturated carbocycles. The minimum Gasteiger partial charge on any atom is -0.488 e. The number of rotatable bonds is 8. The molecule has 142 valence electrons. The third kappa shape index (κ3) is 4.37. The van der Waals surface area contributed by atoms with E-state index in [1.807, 2.05) is 41.8 Å². The summed E-state index contributed by atoms with van der Waals surface area (Å²) in [5, 5.41) is 8.50. The van der Waals surface area contributed by atoms with Gasteiger partial charge in [0.05, 0.1) is 31.5 Å². The van der Waals surface area contributed by atoms with Gasteiger partial charge in [0, 0.05) is 18.7 Å². The fourth-order valence-electron chi connectivity index (χ4n) is 2.67. The molecule has 0 aliphatic carbocycles. The Hall–Kier alpha value is -2.64. The van der Waals surface area contributed by atoms with Crippen molar-refractivity contribution in [3.8, 4) is 28.7 Å². The van der Waals surface area contributed by atoms with Crippen LogP contribution in [0.2, 0.25) is 0 Å². The van der Waals surface area contributed by atoms with Crippen molar-refractivity contribution < 1.29 is 14.2 Å². The predicted molar refractivity (Wildman–Crippen MR) is 103 cm³/mol. The number of hydrogen-bond donors (Lipinski definition) is 0. The molecule has 27 heavy (non-hydrogen) atoms. The van der Waals surface area contributed by atoms with Crippen LogP contribution in [0.15, 0.2) is 42.6 Å². The molecular formula is C19H21ClN4O3. The molecule has 0 aliphatic rings. The number of methoxy groups -OCH3 is 2. The van der Waals surface area contributed by atoms with Gasteiger partial charge in [-0.25, -0.2) is 4.98 Å². The molecule has 7 nitrogen and oxygen atoms in total. The SMILES string of the molecule is COC[C@H](C)Oc1ccc(-c2nnc(CCl)n2-c2ccc(OC)nc2)cc1. The Kier molecular flexibility index (Phi) is 6.26. The summed E-state index contributed by atoms with van der Waals surface area (Å²) in [5.74, 6) is 2.83. The van der Waals surface area contributed by atoms with Crippen LogP contribution in [0.25, 0.3) is 17.1 Å². The lowest BCUT2D eigenvalue weighted by Crippen LogP contribution is -2.17. The highest BCUT2D eigenvalue weighted by molar-refractivity contribution is 6.16. The summed E-state index contributed by atoms with van der Waals surface area (Å²) >= 11 is 6.05. The van der Waals surface area contributed by atoms with E-state index in [9.17, 15) is 0 Å². The molecule has 0 spiro atoms. The largest absolute Gasteiger partial charge is 0.488 e. The molecular weight excluding hydrogens is 368 g/mol. The first-order valence-electron chi connectivity index (χ1n) is 8.43.